The highest BCUT2D eigenvalue weighted by atomic mass is 16.6. The molecule has 672 valence electrons. The number of morpholine rings is 3. The van der Waals surface area contributed by atoms with Crippen molar-refractivity contribution in [2.45, 2.75) is 108 Å². The lowest BCUT2D eigenvalue weighted by atomic mass is 10.0. The highest BCUT2D eigenvalue weighted by molar-refractivity contribution is 5.97. The highest BCUT2D eigenvalue weighted by Gasteiger charge is 2.41. The Hall–Kier alpha value is -12.6. The van der Waals surface area contributed by atoms with Gasteiger partial charge in [0.15, 0.2) is 0 Å². The summed E-state index contributed by atoms with van der Waals surface area (Å²) in [5.74, 6) is 2.10. The monoisotopic (exact) mass is 1740 g/mol. The maximum Gasteiger partial charge on any atom is 0.318 e. The van der Waals surface area contributed by atoms with Gasteiger partial charge in [0, 0.05) is 166 Å². The molecule has 0 radical (unpaired) electrons. The Morgan fingerprint density at radius 3 is 1.14 bits per heavy atom. The number of amides is 3. The number of carbonyl (C=O) groups is 3. The fourth-order valence-electron chi connectivity index (χ4n) is 19.0. The van der Waals surface area contributed by atoms with Gasteiger partial charge in [0.1, 0.15) is 73.7 Å². The SMILES string of the molecule is [C-]#[N+]C[C@H]1CN(c2nc(OC[C@H]3CN(C)C(C)(C)CO3)nc3c2CCN(c2cccc4ccccc24)C3)CCN1C(=O)C=C.[C-]#[N+]C[C@H]1CN(c2nc(OC[C@H]3CN(C)CCO3)nc3c2CCN(c2cccc4ccccc24)C3)CCN1C(=O)C=C.[C-]#[N+]C[C@H]1CN(c2nc(OC[C@H]3CN(C)[C@H](C)CO3)nc3c2CCN(c2cccc4ccccc24)C3)CCN1C(=O)C=C. The fraction of sp³-hybridized carbons (Fsp3) is 0.455. The Balaban J connectivity index is 0.000000142. The van der Waals surface area contributed by atoms with Crippen LogP contribution in [-0.2, 0) is 67.5 Å². The number of aromatic nitrogens is 6. The molecule has 12 heterocycles. The second-order valence-electron chi connectivity index (χ2n) is 35.4. The summed E-state index contributed by atoms with van der Waals surface area (Å²) in [7, 11) is 6.30. The third-order valence-electron chi connectivity index (χ3n) is 26.6. The number of likely N-dealkylation sites (N-methyl/N-ethyl adjacent to an activating group) is 3. The lowest BCUT2D eigenvalue weighted by Gasteiger charge is -2.43. The third-order valence-corrected chi connectivity index (χ3v) is 26.6. The van der Waals surface area contributed by atoms with E-state index in [0.29, 0.717) is 142 Å². The van der Waals surface area contributed by atoms with Crippen molar-refractivity contribution < 1.29 is 42.8 Å². The van der Waals surface area contributed by atoms with Gasteiger partial charge >= 0.3 is 18.0 Å². The minimum atomic E-state index is -0.243. The lowest BCUT2D eigenvalue weighted by Crippen LogP contribution is -2.56. The van der Waals surface area contributed by atoms with Crippen LogP contribution in [0.3, 0.4) is 0 Å². The van der Waals surface area contributed by atoms with Crippen LogP contribution in [0.1, 0.15) is 54.5 Å². The molecule has 30 heteroatoms. The Morgan fingerprint density at radius 1 is 0.434 bits per heavy atom. The predicted molar refractivity (Wildman–Crippen MR) is 502 cm³/mol. The van der Waals surface area contributed by atoms with E-state index in [1.807, 2.05) is 0 Å². The van der Waals surface area contributed by atoms with Crippen LogP contribution in [-0.4, -0.2) is 310 Å². The molecule has 9 aliphatic heterocycles. The van der Waals surface area contributed by atoms with Crippen LogP contribution < -0.4 is 43.6 Å². The zero-order valence-electron chi connectivity index (χ0n) is 75.0. The summed E-state index contributed by atoms with van der Waals surface area (Å²) in [6, 6.07) is 45.3. The molecule has 6 saturated heterocycles. The number of rotatable bonds is 21. The first-order valence-corrected chi connectivity index (χ1v) is 45.0. The second-order valence-corrected chi connectivity index (χ2v) is 35.4. The Kier molecular flexibility index (Phi) is 28.4. The smallest absolute Gasteiger partial charge is 0.318 e. The predicted octanol–water partition coefficient (Wildman–Crippen LogP) is 10.2. The van der Waals surface area contributed by atoms with Crippen molar-refractivity contribution in [1.82, 2.24) is 59.3 Å². The Bertz CT molecular complexity index is 5700. The molecule has 0 saturated carbocycles. The standard InChI is InChI=1S/C34H41N7O3.C33H39N7O3.C32H37N7O3/c1-6-31(42)41-17-16-40(19-25(41)18-35-4)32-28-14-15-39(30-13-9-11-24-10-7-8-12-27(24)30)21-29(28)36-33(37-32)43-22-26-20-38(5)34(2,3)23-44-26;1-5-31(41)40-16-15-39(18-25(40)17-34-3)32-28-13-14-38(30-12-8-10-24-9-6-7-11-27(24)30)20-29(28)35-33(36-32)43-22-26-19-37(4)23(2)21-42-26;1-4-30(40)39-15-14-38(19-24(39)18-33-2)31-27-12-13-37(29-11-7-9-23-8-5-6-10-26(23)29)21-28(27)34-32(35-31)42-22-25-20-36(3)16-17-41-25/h6-13,25-26H,1,14-23H2,2-3,5H3;5-12,23,25-26H,1,13-22H2,2,4H3;4-11,24-25H,1,12-22H2,3H3/t25-,26+;23-,25+,26-;24-,25+/m010/s1. The summed E-state index contributed by atoms with van der Waals surface area (Å²) in [5.41, 5.74) is 9.70. The number of piperazine rings is 3. The van der Waals surface area contributed by atoms with E-state index in [1.54, 1.807) is 14.7 Å². The van der Waals surface area contributed by atoms with Gasteiger partial charge in [-0.05, 0) is 114 Å². The molecule has 0 N–H and O–H groups in total. The first kappa shape index (κ1) is 89.8. The summed E-state index contributed by atoms with van der Waals surface area (Å²) in [6.07, 6.45) is 6.14. The lowest BCUT2D eigenvalue weighted by molar-refractivity contribution is -0.129. The molecule has 3 aromatic heterocycles. The number of fused-ring (bicyclic) bond motifs is 6. The van der Waals surface area contributed by atoms with Crippen LogP contribution in [0, 0.1) is 19.7 Å². The molecule has 7 atom stereocenters. The summed E-state index contributed by atoms with van der Waals surface area (Å²) < 4.78 is 36.8. The number of benzene rings is 6. The van der Waals surface area contributed by atoms with Crippen LogP contribution in [0.5, 0.6) is 18.0 Å². The first-order chi connectivity index (χ1) is 62.7. The maximum absolute atomic E-state index is 12.6. The zero-order chi connectivity index (χ0) is 89.8. The van der Waals surface area contributed by atoms with Gasteiger partial charge in [-0.3, -0.25) is 24.2 Å². The van der Waals surface area contributed by atoms with Crippen LogP contribution in [0.4, 0.5) is 34.5 Å². The van der Waals surface area contributed by atoms with E-state index in [1.165, 1.54) is 67.6 Å². The van der Waals surface area contributed by atoms with Gasteiger partial charge in [0.25, 0.3) is 0 Å². The van der Waals surface area contributed by atoms with E-state index in [2.05, 4.69) is 248 Å². The Morgan fingerprint density at radius 2 is 0.791 bits per heavy atom. The largest absolute Gasteiger partial charge is 0.461 e. The van der Waals surface area contributed by atoms with Gasteiger partial charge in [-0.15, -0.1) is 0 Å². The van der Waals surface area contributed by atoms with Gasteiger partial charge in [0.05, 0.1) is 56.5 Å². The summed E-state index contributed by atoms with van der Waals surface area (Å²) in [6.45, 7) is 56.3. The van der Waals surface area contributed by atoms with Crippen molar-refractivity contribution in [2.24, 2.45) is 0 Å². The number of hydrogen-bond donors (Lipinski definition) is 0. The molecule has 30 nitrogen and oxygen atoms in total. The van der Waals surface area contributed by atoms with Crippen LogP contribution >= 0.6 is 0 Å². The van der Waals surface area contributed by atoms with E-state index >= 15 is 0 Å². The highest BCUT2D eigenvalue weighted by Crippen LogP contribution is 2.40. The number of anilines is 6. The molecule has 9 aromatic rings. The fourth-order valence-corrected chi connectivity index (χ4v) is 19.0. The van der Waals surface area contributed by atoms with E-state index < -0.39 is 0 Å². The maximum atomic E-state index is 12.6. The third kappa shape index (κ3) is 20.4. The normalized spacial score (nSPS) is 21.9. The molecule has 0 spiro atoms. The molecule has 0 unspecified atom stereocenters. The van der Waals surface area contributed by atoms with Gasteiger partial charge in [0.2, 0.25) is 37.4 Å². The van der Waals surface area contributed by atoms with E-state index in [9.17, 15) is 14.4 Å². The summed E-state index contributed by atoms with van der Waals surface area (Å²) >= 11 is 0. The summed E-state index contributed by atoms with van der Waals surface area (Å²) in [5, 5.41) is 7.29. The van der Waals surface area contributed by atoms with Crippen molar-refractivity contribution in [2.75, 3.05) is 215 Å². The van der Waals surface area contributed by atoms with Crippen molar-refractivity contribution in [3.8, 4) is 18.0 Å². The van der Waals surface area contributed by atoms with Crippen molar-refractivity contribution in [3.05, 3.63) is 233 Å². The minimum Gasteiger partial charge on any atom is -0.461 e. The molecular formula is C99H117N21O9. The minimum absolute atomic E-state index is 0.0198. The van der Waals surface area contributed by atoms with E-state index in [4.69, 9.17) is 78.0 Å². The van der Waals surface area contributed by atoms with Crippen molar-refractivity contribution >= 4 is 84.6 Å². The van der Waals surface area contributed by atoms with Crippen LogP contribution in [0.2, 0.25) is 0 Å². The molecule has 129 heavy (non-hydrogen) atoms. The van der Waals surface area contributed by atoms with Crippen LogP contribution in [0.15, 0.2) is 165 Å². The number of carbonyl (C=O) groups excluding carboxylic acids is 3. The first-order valence-electron chi connectivity index (χ1n) is 45.0. The number of hydrogen-bond acceptors (Lipinski definition) is 24. The van der Waals surface area contributed by atoms with E-state index in [0.717, 1.165) is 116 Å². The van der Waals surface area contributed by atoms with Crippen LogP contribution in [0.25, 0.3) is 46.9 Å². The summed E-state index contributed by atoms with van der Waals surface area (Å²) in [4.78, 5) is 104. The topological polar surface area (TPSA) is 236 Å². The van der Waals surface area contributed by atoms with Gasteiger partial charge in [-0.1, -0.05) is 129 Å². The molecule has 0 bridgehead atoms. The average Bonchev–Trinajstić information content (AvgIpc) is 0.770. The molecule has 3 amide bonds. The molecular weight excluding hydrogens is 1630 g/mol. The molecule has 6 aromatic carbocycles. The van der Waals surface area contributed by atoms with Gasteiger partial charge in [-0.25, -0.2) is 19.7 Å². The van der Waals surface area contributed by atoms with Crippen molar-refractivity contribution in [3.63, 3.8) is 0 Å². The molecule has 0 aliphatic carbocycles. The van der Waals surface area contributed by atoms with Crippen molar-refractivity contribution in [1.29, 1.82) is 0 Å². The molecule has 9 aliphatic rings. The zero-order valence-corrected chi connectivity index (χ0v) is 75.0. The average molecular weight is 1750 g/mol. The van der Waals surface area contributed by atoms with Gasteiger partial charge < -0.3 is 92.0 Å². The number of nitrogens with zero attached hydrogens (tertiary/aromatic N) is 21. The Labute approximate surface area is 756 Å². The van der Waals surface area contributed by atoms with Gasteiger partial charge in [-0.2, -0.15) is 29.9 Å². The molecule has 6 fully saturated rings. The number of ether oxygens (including phenoxy) is 6. The van der Waals surface area contributed by atoms with E-state index in [-0.39, 0.29) is 79.3 Å². The molecule has 18 rings (SSSR count). The second kappa shape index (κ2) is 40.8. The quantitative estimate of drug-likeness (QED) is 0.0480.